The quantitative estimate of drug-likeness (QED) is 0.778. The Morgan fingerprint density at radius 3 is 2.36 bits per heavy atom. The lowest BCUT2D eigenvalue weighted by Crippen LogP contribution is -2.15. The normalized spacial score (nSPS) is 10.2. The predicted octanol–water partition coefficient (Wildman–Crippen LogP) is 3.66. The largest absolute Gasteiger partial charge is 0.309 e. The molecule has 0 unspecified atom stereocenters. The van der Waals surface area contributed by atoms with Crippen molar-refractivity contribution in [2.75, 3.05) is 6.54 Å². The zero-order chi connectivity index (χ0) is 10.6. The zero-order valence-corrected chi connectivity index (χ0v) is 9.62. The molecule has 0 aliphatic carbocycles. The fourth-order valence-corrected chi connectivity index (χ4v) is 1.70. The maximum Gasteiger partial charge on any atom is 0.0424 e. The first kappa shape index (κ1) is 11.6. The Balaban J connectivity index is 2.54. The lowest BCUT2D eigenvalue weighted by atomic mass is 10.2. The molecule has 0 atom stereocenters. The van der Waals surface area contributed by atoms with Gasteiger partial charge >= 0.3 is 0 Å². The van der Waals surface area contributed by atoms with E-state index in [-0.39, 0.29) is 0 Å². The smallest absolute Gasteiger partial charge is 0.0424 e. The molecule has 1 nitrogen and oxygen atoms in total. The minimum Gasteiger partial charge on any atom is -0.309 e. The number of halogens is 2. The fraction of sp³-hybridized carbons (Fsp3) is 0.273. The van der Waals surface area contributed by atoms with Crippen LogP contribution in [0.1, 0.15) is 12.5 Å². The maximum absolute atomic E-state index is 5.86. The van der Waals surface area contributed by atoms with E-state index in [9.17, 15) is 0 Å². The van der Waals surface area contributed by atoms with E-state index in [1.165, 1.54) is 0 Å². The summed E-state index contributed by atoms with van der Waals surface area (Å²) in [6.07, 6.45) is 0. The van der Waals surface area contributed by atoms with Gasteiger partial charge in [-0.15, -0.1) is 0 Å². The molecule has 0 heterocycles. The second-order valence-corrected chi connectivity index (χ2v) is 4.21. The summed E-state index contributed by atoms with van der Waals surface area (Å²) < 4.78 is 0. The van der Waals surface area contributed by atoms with Gasteiger partial charge in [0.15, 0.2) is 0 Å². The molecule has 14 heavy (non-hydrogen) atoms. The second kappa shape index (κ2) is 5.40. The minimum absolute atomic E-state index is 0.671. The van der Waals surface area contributed by atoms with Crippen LogP contribution in [0.3, 0.4) is 0 Å². The number of hydrogen-bond acceptors (Lipinski definition) is 1. The number of nitrogens with one attached hydrogen (secondary N) is 1. The summed E-state index contributed by atoms with van der Waals surface area (Å²) in [5, 5.41) is 4.58. The molecule has 0 spiro atoms. The van der Waals surface area contributed by atoms with E-state index in [0.29, 0.717) is 10.0 Å². The number of benzene rings is 1. The average molecular weight is 230 g/mol. The topological polar surface area (TPSA) is 12.0 Å². The molecule has 1 N–H and O–H groups in total. The van der Waals surface area contributed by atoms with Gasteiger partial charge in [-0.2, -0.15) is 0 Å². The van der Waals surface area contributed by atoms with Crippen LogP contribution in [0.25, 0.3) is 0 Å². The van der Waals surface area contributed by atoms with Gasteiger partial charge in [0.25, 0.3) is 0 Å². The highest BCUT2D eigenvalue weighted by atomic mass is 35.5. The van der Waals surface area contributed by atoms with Crippen molar-refractivity contribution in [2.45, 2.75) is 13.5 Å². The summed E-state index contributed by atoms with van der Waals surface area (Å²) in [4.78, 5) is 0. The Hall–Kier alpha value is -0.500. The lowest BCUT2D eigenvalue weighted by molar-refractivity contribution is 0.741. The Labute approximate surface area is 94.7 Å². The van der Waals surface area contributed by atoms with Crippen LogP contribution < -0.4 is 5.32 Å². The van der Waals surface area contributed by atoms with Crippen molar-refractivity contribution < 1.29 is 0 Å². The number of hydrogen-bond donors (Lipinski definition) is 1. The predicted molar refractivity (Wildman–Crippen MR) is 63.0 cm³/mol. The van der Waals surface area contributed by atoms with Crippen LogP contribution >= 0.6 is 23.2 Å². The van der Waals surface area contributed by atoms with E-state index < -0.39 is 0 Å². The van der Waals surface area contributed by atoms with Gasteiger partial charge in [-0.25, -0.2) is 0 Å². The van der Waals surface area contributed by atoms with Crippen LogP contribution in [0, 0.1) is 0 Å². The van der Waals surface area contributed by atoms with Crippen LogP contribution in [0.2, 0.25) is 10.0 Å². The summed E-state index contributed by atoms with van der Waals surface area (Å²) in [6, 6.07) is 5.53. The van der Waals surface area contributed by atoms with Crippen molar-refractivity contribution in [3.05, 3.63) is 46.0 Å². The van der Waals surface area contributed by atoms with Gasteiger partial charge < -0.3 is 5.32 Å². The first-order valence-electron chi connectivity index (χ1n) is 4.38. The second-order valence-electron chi connectivity index (χ2n) is 3.34. The molecule has 1 rings (SSSR count). The first-order valence-corrected chi connectivity index (χ1v) is 5.13. The van der Waals surface area contributed by atoms with Crippen molar-refractivity contribution in [3.8, 4) is 0 Å². The summed E-state index contributed by atoms with van der Waals surface area (Å²) >= 11 is 11.7. The molecule has 3 heteroatoms. The van der Waals surface area contributed by atoms with E-state index in [0.717, 1.165) is 24.2 Å². The van der Waals surface area contributed by atoms with E-state index in [1.807, 2.05) is 19.1 Å². The molecule has 0 aromatic heterocycles. The maximum atomic E-state index is 5.86. The molecule has 0 aliphatic heterocycles. The molecule has 0 bridgehead atoms. The molecule has 76 valence electrons. The van der Waals surface area contributed by atoms with Crippen LogP contribution in [-0.2, 0) is 6.54 Å². The Morgan fingerprint density at radius 2 is 1.86 bits per heavy atom. The standard InChI is InChI=1S/C11H13Cl2N/c1-8(2)6-14-7-9-3-10(12)5-11(13)4-9/h3-5,14H,1,6-7H2,2H3. The fourth-order valence-electron chi connectivity index (χ4n) is 1.13. The molecule has 0 aliphatic rings. The van der Waals surface area contributed by atoms with E-state index in [1.54, 1.807) is 6.07 Å². The van der Waals surface area contributed by atoms with Gasteiger partial charge in [-0.3, -0.25) is 0 Å². The Morgan fingerprint density at radius 1 is 1.29 bits per heavy atom. The Kier molecular flexibility index (Phi) is 4.46. The first-order chi connectivity index (χ1) is 6.58. The molecule has 0 saturated carbocycles. The monoisotopic (exact) mass is 229 g/mol. The van der Waals surface area contributed by atoms with Crippen LogP contribution in [0.4, 0.5) is 0 Å². The molecule has 0 fully saturated rings. The van der Waals surface area contributed by atoms with Gasteiger partial charge in [-0.1, -0.05) is 35.4 Å². The molecular weight excluding hydrogens is 217 g/mol. The highest BCUT2D eigenvalue weighted by molar-refractivity contribution is 6.34. The van der Waals surface area contributed by atoms with E-state index in [4.69, 9.17) is 23.2 Å². The third kappa shape index (κ3) is 4.14. The molecular formula is C11H13Cl2N. The van der Waals surface area contributed by atoms with Crippen molar-refractivity contribution in [3.63, 3.8) is 0 Å². The van der Waals surface area contributed by atoms with Crippen LogP contribution in [-0.4, -0.2) is 6.54 Å². The van der Waals surface area contributed by atoms with Crippen molar-refractivity contribution in [1.29, 1.82) is 0 Å². The van der Waals surface area contributed by atoms with Crippen molar-refractivity contribution in [1.82, 2.24) is 5.32 Å². The van der Waals surface area contributed by atoms with Crippen LogP contribution in [0.15, 0.2) is 30.4 Å². The zero-order valence-electron chi connectivity index (χ0n) is 8.11. The van der Waals surface area contributed by atoms with Gasteiger partial charge in [-0.05, 0) is 30.7 Å². The Bertz CT molecular complexity index is 314. The van der Waals surface area contributed by atoms with Gasteiger partial charge in [0.2, 0.25) is 0 Å². The van der Waals surface area contributed by atoms with E-state index >= 15 is 0 Å². The molecule has 0 saturated heterocycles. The van der Waals surface area contributed by atoms with Crippen molar-refractivity contribution in [2.24, 2.45) is 0 Å². The number of rotatable bonds is 4. The highest BCUT2D eigenvalue weighted by Crippen LogP contribution is 2.18. The van der Waals surface area contributed by atoms with Gasteiger partial charge in [0, 0.05) is 23.1 Å². The SMILES string of the molecule is C=C(C)CNCc1cc(Cl)cc(Cl)c1. The molecule has 0 amide bonds. The summed E-state index contributed by atoms with van der Waals surface area (Å²) in [5.74, 6) is 0. The molecule has 1 aromatic rings. The average Bonchev–Trinajstić information content (AvgIpc) is 2.01. The molecule has 0 radical (unpaired) electrons. The van der Waals surface area contributed by atoms with Gasteiger partial charge in [0.05, 0.1) is 0 Å². The van der Waals surface area contributed by atoms with Crippen molar-refractivity contribution >= 4 is 23.2 Å². The van der Waals surface area contributed by atoms with E-state index in [2.05, 4.69) is 11.9 Å². The third-order valence-electron chi connectivity index (χ3n) is 1.68. The van der Waals surface area contributed by atoms with Gasteiger partial charge in [0.1, 0.15) is 0 Å². The lowest BCUT2D eigenvalue weighted by Gasteiger charge is -2.05. The summed E-state index contributed by atoms with van der Waals surface area (Å²) in [6.45, 7) is 7.36. The van der Waals surface area contributed by atoms with Crippen LogP contribution in [0.5, 0.6) is 0 Å². The minimum atomic E-state index is 0.671. The third-order valence-corrected chi connectivity index (χ3v) is 2.11. The summed E-state index contributed by atoms with van der Waals surface area (Å²) in [7, 11) is 0. The summed E-state index contributed by atoms with van der Waals surface area (Å²) in [5.41, 5.74) is 2.20. The highest BCUT2D eigenvalue weighted by Gasteiger charge is 1.97. The molecule has 1 aromatic carbocycles.